The molecule has 0 spiro atoms. The number of anilines is 1. The lowest BCUT2D eigenvalue weighted by Crippen LogP contribution is -2.26. The summed E-state index contributed by atoms with van der Waals surface area (Å²) in [5.41, 5.74) is 1.60. The molecule has 1 heterocycles. The van der Waals surface area contributed by atoms with Crippen LogP contribution in [-0.2, 0) is 11.2 Å². The van der Waals surface area contributed by atoms with Gasteiger partial charge in [0.1, 0.15) is 5.82 Å². The van der Waals surface area contributed by atoms with E-state index in [0.29, 0.717) is 18.1 Å². The van der Waals surface area contributed by atoms with Crippen LogP contribution in [0.25, 0.3) is 22.1 Å². The van der Waals surface area contributed by atoms with Crippen LogP contribution in [0.3, 0.4) is 0 Å². The average molecular weight is 374 g/mol. The van der Waals surface area contributed by atoms with Gasteiger partial charge >= 0.3 is 0 Å². The van der Waals surface area contributed by atoms with Crippen molar-refractivity contribution >= 4 is 22.4 Å². The van der Waals surface area contributed by atoms with Gasteiger partial charge < -0.3 is 9.32 Å². The summed E-state index contributed by atoms with van der Waals surface area (Å²) in [7, 11) is 1.77. The number of nitrogens with zero attached hydrogens (tertiary/aromatic N) is 2. The van der Waals surface area contributed by atoms with Crippen molar-refractivity contribution in [2.75, 3.05) is 11.9 Å². The molecule has 1 aromatic heterocycles. The maximum Gasteiger partial charge on any atom is 0.227 e. The zero-order valence-electron chi connectivity index (χ0n) is 15.4. The summed E-state index contributed by atoms with van der Waals surface area (Å²) in [6.45, 7) is 0. The van der Waals surface area contributed by atoms with Gasteiger partial charge in [0.2, 0.25) is 5.91 Å². The van der Waals surface area contributed by atoms with Gasteiger partial charge in [0.25, 0.3) is 0 Å². The van der Waals surface area contributed by atoms with E-state index in [9.17, 15) is 9.18 Å². The number of fused-ring (bicyclic) bond motifs is 1. The lowest BCUT2D eigenvalue weighted by Gasteiger charge is -2.17. The van der Waals surface area contributed by atoms with Gasteiger partial charge in [-0.2, -0.15) is 0 Å². The zero-order valence-corrected chi connectivity index (χ0v) is 15.4. The van der Waals surface area contributed by atoms with Crippen LogP contribution in [0, 0.1) is 5.82 Å². The summed E-state index contributed by atoms with van der Waals surface area (Å²) in [6.07, 6.45) is 2.28. The Morgan fingerprint density at radius 3 is 2.57 bits per heavy atom. The minimum atomic E-state index is -0.300. The molecule has 0 fully saturated rings. The highest BCUT2D eigenvalue weighted by molar-refractivity contribution is 5.96. The molecule has 4 aromatic rings. The van der Waals surface area contributed by atoms with Crippen molar-refractivity contribution in [3.8, 4) is 11.3 Å². The van der Waals surface area contributed by atoms with Gasteiger partial charge in [0.15, 0.2) is 11.7 Å². The third kappa shape index (κ3) is 3.78. The second-order valence-corrected chi connectivity index (χ2v) is 6.61. The molecule has 5 heteroatoms. The Morgan fingerprint density at radius 1 is 1.04 bits per heavy atom. The van der Waals surface area contributed by atoms with Gasteiger partial charge in [0, 0.05) is 31.1 Å². The lowest BCUT2D eigenvalue weighted by molar-refractivity contribution is -0.118. The molecule has 0 radical (unpaired) electrons. The molecule has 1 amide bonds. The van der Waals surface area contributed by atoms with E-state index in [-0.39, 0.29) is 18.1 Å². The number of aryl methyl sites for hydroxylation is 1. The maximum absolute atomic E-state index is 13.0. The van der Waals surface area contributed by atoms with E-state index in [4.69, 9.17) is 4.42 Å². The van der Waals surface area contributed by atoms with E-state index < -0.39 is 0 Å². The molecule has 4 nitrogen and oxygen atoms in total. The van der Waals surface area contributed by atoms with Crippen molar-refractivity contribution in [2.24, 2.45) is 0 Å². The molecule has 0 aliphatic rings. The fourth-order valence-corrected chi connectivity index (χ4v) is 3.08. The van der Waals surface area contributed by atoms with Crippen molar-refractivity contribution in [1.82, 2.24) is 4.98 Å². The molecule has 0 aliphatic heterocycles. The Morgan fingerprint density at radius 2 is 1.79 bits per heavy atom. The van der Waals surface area contributed by atoms with Crippen LogP contribution in [0.5, 0.6) is 0 Å². The SMILES string of the molecule is CN(C(=O)CCc1ncc(-c2ccc(F)cc2)o1)c1ccc2ccccc2c1. The number of oxazole rings is 1. The molecule has 0 aliphatic carbocycles. The molecule has 0 unspecified atom stereocenters. The number of hydrogen-bond donors (Lipinski definition) is 0. The normalized spacial score (nSPS) is 10.9. The summed E-state index contributed by atoms with van der Waals surface area (Å²) < 4.78 is 18.7. The Labute approximate surface area is 162 Å². The predicted octanol–water partition coefficient (Wildman–Crippen LogP) is 5.23. The molecule has 28 heavy (non-hydrogen) atoms. The molecule has 0 saturated carbocycles. The first-order valence-electron chi connectivity index (χ1n) is 9.06. The van der Waals surface area contributed by atoms with Crippen LogP contribution in [0.1, 0.15) is 12.3 Å². The van der Waals surface area contributed by atoms with E-state index in [2.05, 4.69) is 4.98 Å². The standard InChI is InChI=1S/C23H19FN2O2/c1-26(20-11-8-16-4-2-3-5-18(16)14-20)23(27)13-12-22-25-15-21(28-22)17-6-9-19(24)10-7-17/h2-11,14-15H,12-13H2,1H3. The van der Waals surface area contributed by atoms with E-state index in [1.54, 1.807) is 30.3 Å². The average Bonchev–Trinajstić information content (AvgIpc) is 3.20. The monoisotopic (exact) mass is 374 g/mol. The molecule has 0 N–H and O–H groups in total. The minimum Gasteiger partial charge on any atom is -0.441 e. The van der Waals surface area contributed by atoms with E-state index in [0.717, 1.165) is 22.0 Å². The smallest absolute Gasteiger partial charge is 0.227 e. The maximum atomic E-state index is 13.0. The summed E-state index contributed by atoms with van der Waals surface area (Å²) in [5.74, 6) is 0.729. The number of benzene rings is 3. The van der Waals surface area contributed by atoms with Crippen LogP contribution >= 0.6 is 0 Å². The quantitative estimate of drug-likeness (QED) is 0.481. The van der Waals surface area contributed by atoms with Gasteiger partial charge in [-0.05, 0) is 47.2 Å². The van der Waals surface area contributed by atoms with Crippen LogP contribution in [-0.4, -0.2) is 17.9 Å². The molecular formula is C23H19FN2O2. The highest BCUT2D eigenvalue weighted by atomic mass is 19.1. The van der Waals surface area contributed by atoms with Gasteiger partial charge in [-0.25, -0.2) is 9.37 Å². The number of amides is 1. The zero-order chi connectivity index (χ0) is 19.5. The summed E-state index contributed by atoms with van der Waals surface area (Å²) in [5, 5.41) is 2.23. The van der Waals surface area contributed by atoms with Gasteiger partial charge in [-0.3, -0.25) is 4.79 Å². The molecule has 0 saturated heterocycles. The number of hydrogen-bond acceptors (Lipinski definition) is 3. The van der Waals surface area contributed by atoms with E-state index in [1.807, 2.05) is 42.5 Å². The number of halogens is 1. The topological polar surface area (TPSA) is 46.3 Å². The van der Waals surface area contributed by atoms with Gasteiger partial charge in [-0.1, -0.05) is 30.3 Å². The van der Waals surface area contributed by atoms with Gasteiger partial charge in [0.05, 0.1) is 6.20 Å². The van der Waals surface area contributed by atoms with E-state index in [1.165, 1.54) is 12.1 Å². The fourth-order valence-electron chi connectivity index (χ4n) is 3.08. The van der Waals surface area contributed by atoms with E-state index >= 15 is 0 Å². The number of carbonyl (C=O) groups excluding carboxylic acids is 1. The van der Waals surface area contributed by atoms with Crippen molar-refractivity contribution in [1.29, 1.82) is 0 Å². The summed E-state index contributed by atoms with van der Waals surface area (Å²) in [4.78, 5) is 18.5. The third-order valence-corrected chi connectivity index (χ3v) is 4.73. The Bertz CT molecular complexity index is 1120. The summed E-state index contributed by atoms with van der Waals surface area (Å²) >= 11 is 0. The third-order valence-electron chi connectivity index (χ3n) is 4.73. The highest BCUT2D eigenvalue weighted by Crippen LogP contribution is 2.23. The van der Waals surface area contributed by atoms with Crippen molar-refractivity contribution in [3.05, 3.63) is 84.6 Å². The van der Waals surface area contributed by atoms with Crippen LogP contribution in [0.2, 0.25) is 0 Å². The predicted molar refractivity (Wildman–Crippen MR) is 108 cm³/mol. The largest absolute Gasteiger partial charge is 0.441 e. The highest BCUT2D eigenvalue weighted by Gasteiger charge is 2.14. The Hall–Kier alpha value is -3.47. The van der Waals surface area contributed by atoms with Crippen LogP contribution < -0.4 is 4.90 Å². The first kappa shape index (κ1) is 17.9. The van der Waals surface area contributed by atoms with Crippen molar-refractivity contribution in [2.45, 2.75) is 12.8 Å². The van der Waals surface area contributed by atoms with Crippen molar-refractivity contribution < 1.29 is 13.6 Å². The Balaban J connectivity index is 1.41. The first-order valence-corrected chi connectivity index (χ1v) is 9.06. The number of aromatic nitrogens is 1. The van der Waals surface area contributed by atoms with Crippen LogP contribution in [0.15, 0.2) is 77.3 Å². The Kier molecular flexibility index (Phi) is 4.89. The molecule has 0 atom stereocenters. The van der Waals surface area contributed by atoms with Gasteiger partial charge in [-0.15, -0.1) is 0 Å². The lowest BCUT2D eigenvalue weighted by atomic mass is 10.1. The molecule has 3 aromatic carbocycles. The second kappa shape index (κ2) is 7.64. The number of carbonyl (C=O) groups is 1. The second-order valence-electron chi connectivity index (χ2n) is 6.61. The number of rotatable bonds is 5. The molecule has 4 rings (SSSR count). The summed E-state index contributed by atoms with van der Waals surface area (Å²) in [6, 6.07) is 20.0. The minimum absolute atomic E-state index is 0.0168. The fraction of sp³-hybridized carbons (Fsp3) is 0.130. The molecule has 140 valence electrons. The first-order chi connectivity index (χ1) is 13.6. The van der Waals surface area contributed by atoms with Crippen molar-refractivity contribution in [3.63, 3.8) is 0 Å². The van der Waals surface area contributed by atoms with Crippen LogP contribution in [0.4, 0.5) is 10.1 Å². The molecule has 0 bridgehead atoms. The molecular weight excluding hydrogens is 355 g/mol.